The SMILES string of the molecule is O=C(Cn1c2c(sc1=O)C(c1cccnc1)C1C(=O)N(c3ccc(F)cc3)C(=O)C1S2)Nc1ccc2ccccc2c1. The number of anilines is 2. The summed E-state index contributed by atoms with van der Waals surface area (Å²) in [7, 11) is 0. The minimum absolute atomic E-state index is 0.258. The average Bonchev–Trinajstić information content (AvgIpc) is 3.44. The number of amides is 3. The number of thioether (sulfide) groups is 1. The number of halogens is 1. The van der Waals surface area contributed by atoms with E-state index < -0.39 is 40.6 Å². The van der Waals surface area contributed by atoms with Crippen molar-refractivity contribution in [1.82, 2.24) is 9.55 Å². The van der Waals surface area contributed by atoms with Gasteiger partial charge >= 0.3 is 4.87 Å². The molecule has 42 heavy (non-hydrogen) atoms. The highest BCUT2D eigenvalue weighted by Crippen LogP contribution is 2.53. The van der Waals surface area contributed by atoms with Crippen LogP contribution in [0.25, 0.3) is 10.8 Å². The summed E-state index contributed by atoms with van der Waals surface area (Å²) in [6, 6.07) is 22.1. The zero-order valence-corrected chi connectivity index (χ0v) is 23.4. The van der Waals surface area contributed by atoms with Gasteiger partial charge in [-0.2, -0.15) is 0 Å². The van der Waals surface area contributed by atoms with Crippen molar-refractivity contribution in [3.05, 3.63) is 117 Å². The number of rotatable bonds is 5. The Balaban J connectivity index is 1.25. The van der Waals surface area contributed by atoms with E-state index in [0.717, 1.165) is 38.8 Å². The number of nitrogens with one attached hydrogen (secondary N) is 1. The molecule has 8 nitrogen and oxygen atoms in total. The second-order valence-electron chi connectivity index (χ2n) is 10.1. The Bertz CT molecular complexity index is 1940. The van der Waals surface area contributed by atoms with Crippen molar-refractivity contribution in [1.29, 1.82) is 0 Å². The van der Waals surface area contributed by atoms with Gasteiger partial charge in [0.1, 0.15) is 17.6 Å². The number of benzene rings is 3. The van der Waals surface area contributed by atoms with Gasteiger partial charge in [0.15, 0.2) is 0 Å². The molecule has 1 fully saturated rings. The molecule has 5 aromatic rings. The lowest BCUT2D eigenvalue weighted by Crippen LogP contribution is -2.33. The van der Waals surface area contributed by atoms with Crippen LogP contribution in [0.15, 0.2) is 101 Å². The molecule has 0 bridgehead atoms. The summed E-state index contributed by atoms with van der Waals surface area (Å²) in [5, 5.41) is 4.52. The highest BCUT2D eigenvalue weighted by Gasteiger charge is 2.56. The highest BCUT2D eigenvalue weighted by atomic mass is 32.2. The van der Waals surface area contributed by atoms with Crippen LogP contribution in [-0.2, 0) is 20.9 Å². The van der Waals surface area contributed by atoms with E-state index in [0.29, 0.717) is 21.2 Å². The second kappa shape index (κ2) is 10.3. The molecule has 3 aromatic carbocycles. The summed E-state index contributed by atoms with van der Waals surface area (Å²) >= 11 is 2.09. The smallest absolute Gasteiger partial charge is 0.308 e. The second-order valence-corrected chi connectivity index (χ2v) is 12.2. The summed E-state index contributed by atoms with van der Waals surface area (Å²) < 4.78 is 15.0. The van der Waals surface area contributed by atoms with Gasteiger partial charge < -0.3 is 5.32 Å². The lowest BCUT2D eigenvalue weighted by Gasteiger charge is -2.30. The molecular weight excluding hydrogens is 575 g/mol. The van der Waals surface area contributed by atoms with Crippen LogP contribution in [0.1, 0.15) is 16.4 Å². The number of carbonyl (C=O) groups is 3. The number of nitrogens with zero attached hydrogens (tertiary/aromatic N) is 3. The van der Waals surface area contributed by atoms with Crippen molar-refractivity contribution in [2.75, 3.05) is 10.2 Å². The van der Waals surface area contributed by atoms with Gasteiger partial charge in [0.2, 0.25) is 17.7 Å². The molecular formula is C31H21FN4O4S2. The molecule has 0 spiro atoms. The van der Waals surface area contributed by atoms with Crippen molar-refractivity contribution in [2.45, 2.75) is 22.7 Å². The van der Waals surface area contributed by atoms with Gasteiger partial charge in [0.25, 0.3) is 0 Å². The molecule has 11 heteroatoms. The van der Waals surface area contributed by atoms with Crippen molar-refractivity contribution in [2.24, 2.45) is 5.92 Å². The molecule has 2 aliphatic rings. The van der Waals surface area contributed by atoms with Crippen molar-refractivity contribution < 1.29 is 18.8 Å². The maximum absolute atomic E-state index is 13.8. The van der Waals surface area contributed by atoms with Gasteiger partial charge in [0, 0.05) is 28.9 Å². The number of carbonyl (C=O) groups excluding carboxylic acids is 3. The summed E-state index contributed by atoms with van der Waals surface area (Å²) in [5.41, 5.74) is 1.57. The van der Waals surface area contributed by atoms with E-state index in [2.05, 4.69) is 10.3 Å². The van der Waals surface area contributed by atoms with Crippen LogP contribution in [0.5, 0.6) is 0 Å². The molecule has 2 aliphatic heterocycles. The zero-order valence-electron chi connectivity index (χ0n) is 21.8. The normalized spacial score (nSPS) is 19.5. The van der Waals surface area contributed by atoms with E-state index in [1.54, 1.807) is 24.5 Å². The quantitative estimate of drug-likeness (QED) is 0.286. The molecule has 3 atom stereocenters. The first-order valence-electron chi connectivity index (χ1n) is 13.1. The van der Waals surface area contributed by atoms with E-state index in [1.807, 2.05) is 42.5 Å². The first kappa shape index (κ1) is 26.3. The number of hydrogen-bond donors (Lipinski definition) is 1. The summed E-state index contributed by atoms with van der Waals surface area (Å²) in [4.78, 5) is 59.6. The van der Waals surface area contributed by atoms with Crippen molar-refractivity contribution in [3.63, 3.8) is 0 Å². The molecule has 3 unspecified atom stereocenters. The van der Waals surface area contributed by atoms with Crippen LogP contribution in [-0.4, -0.2) is 32.5 Å². The molecule has 208 valence electrons. The van der Waals surface area contributed by atoms with E-state index in [-0.39, 0.29) is 17.1 Å². The molecule has 3 amide bonds. The van der Waals surface area contributed by atoms with Gasteiger partial charge in [-0.1, -0.05) is 59.5 Å². The molecule has 4 heterocycles. The fourth-order valence-electron chi connectivity index (χ4n) is 5.63. The third-order valence-electron chi connectivity index (χ3n) is 7.51. The Morgan fingerprint density at radius 2 is 1.71 bits per heavy atom. The predicted octanol–water partition coefficient (Wildman–Crippen LogP) is 5.03. The van der Waals surface area contributed by atoms with E-state index >= 15 is 0 Å². The van der Waals surface area contributed by atoms with Crippen LogP contribution in [0, 0.1) is 11.7 Å². The molecule has 1 saturated heterocycles. The maximum Gasteiger partial charge on any atom is 0.308 e. The Morgan fingerprint density at radius 3 is 2.48 bits per heavy atom. The van der Waals surface area contributed by atoms with Gasteiger partial charge in [-0.15, -0.1) is 0 Å². The number of pyridine rings is 1. The molecule has 0 aliphatic carbocycles. The summed E-state index contributed by atoms with van der Waals surface area (Å²) in [5.74, 6) is -3.18. The van der Waals surface area contributed by atoms with Crippen LogP contribution < -0.4 is 15.1 Å². The van der Waals surface area contributed by atoms with Crippen molar-refractivity contribution in [3.8, 4) is 0 Å². The minimum atomic E-state index is -0.843. The number of fused-ring (bicyclic) bond motifs is 3. The molecule has 1 N–H and O–H groups in total. The average molecular weight is 597 g/mol. The standard InChI is InChI=1S/C31H21FN4O4S2/c32-20-8-11-22(12-9-20)36-28(38)25-24(19-6-3-13-33-15-19)27-30(41-26(25)29(36)39)35(31(40)42-27)16-23(37)34-21-10-7-17-4-1-2-5-18(17)14-21/h1-15,24-26H,16H2,(H,34,37). The predicted molar refractivity (Wildman–Crippen MR) is 159 cm³/mol. The number of thiazole rings is 1. The van der Waals surface area contributed by atoms with Gasteiger partial charge in [-0.3, -0.25) is 28.7 Å². The molecule has 0 saturated carbocycles. The first-order valence-corrected chi connectivity index (χ1v) is 14.8. The fraction of sp³-hybridized carbons (Fsp3) is 0.129. The lowest BCUT2D eigenvalue weighted by atomic mass is 9.84. The van der Waals surface area contributed by atoms with Crippen LogP contribution >= 0.6 is 23.1 Å². The van der Waals surface area contributed by atoms with Gasteiger partial charge in [-0.05, 0) is 58.8 Å². The Hall–Kier alpha value is -4.61. The topological polar surface area (TPSA) is 101 Å². The van der Waals surface area contributed by atoms with Crippen LogP contribution in [0.4, 0.5) is 15.8 Å². The lowest BCUT2D eigenvalue weighted by molar-refractivity contribution is -0.122. The first-order chi connectivity index (χ1) is 20.4. The van der Waals surface area contributed by atoms with Crippen LogP contribution in [0.3, 0.4) is 0 Å². The minimum Gasteiger partial charge on any atom is -0.325 e. The van der Waals surface area contributed by atoms with Gasteiger partial charge in [0.05, 0.1) is 16.6 Å². The summed E-state index contributed by atoms with van der Waals surface area (Å²) in [6.07, 6.45) is 3.23. The Kier molecular flexibility index (Phi) is 6.47. The van der Waals surface area contributed by atoms with E-state index in [9.17, 15) is 23.6 Å². The fourth-order valence-corrected chi connectivity index (χ4v) is 8.40. The number of aromatic nitrogens is 2. The Morgan fingerprint density at radius 1 is 0.929 bits per heavy atom. The van der Waals surface area contributed by atoms with Gasteiger partial charge in [-0.25, -0.2) is 9.29 Å². The third-order valence-corrected chi connectivity index (χ3v) is 10.1. The number of hydrogen-bond acceptors (Lipinski definition) is 7. The van der Waals surface area contributed by atoms with E-state index in [1.165, 1.54) is 28.8 Å². The largest absolute Gasteiger partial charge is 0.325 e. The number of imide groups is 1. The highest BCUT2D eigenvalue weighted by molar-refractivity contribution is 8.00. The van der Waals surface area contributed by atoms with Crippen molar-refractivity contribution >= 4 is 63.0 Å². The molecule has 0 radical (unpaired) electrons. The summed E-state index contributed by atoms with van der Waals surface area (Å²) in [6.45, 7) is -0.258. The monoisotopic (exact) mass is 596 g/mol. The molecule has 2 aromatic heterocycles. The maximum atomic E-state index is 13.8. The Labute approximate surface area is 246 Å². The van der Waals surface area contributed by atoms with E-state index in [4.69, 9.17) is 0 Å². The third kappa shape index (κ3) is 4.41. The zero-order chi connectivity index (χ0) is 29.0. The molecule has 7 rings (SSSR count). The van der Waals surface area contributed by atoms with Crippen LogP contribution in [0.2, 0.25) is 0 Å².